The fourth-order valence-electron chi connectivity index (χ4n) is 3.04. The first-order valence-electron chi connectivity index (χ1n) is 8.10. The third-order valence-corrected chi connectivity index (χ3v) is 5.20. The second-order valence-electron chi connectivity index (χ2n) is 5.99. The third kappa shape index (κ3) is 3.14. The lowest BCUT2D eigenvalue weighted by molar-refractivity contribution is 0.106. The monoisotopic (exact) mass is 378 g/mol. The summed E-state index contributed by atoms with van der Waals surface area (Å²) < 4.78 is 33.0. The van der Waals surface area contributed by atoms with Crippen LogP contribution in [0.2, 0.25) is 0 Å². The van der Waals surface area contributed by atoms with E-state index in [0.29, 0.717) is 5.69 Å². The van der Waals surface area contributed by atoms with Crippen molar-refractivity contribution in [3.63, 3.8) is 0 Å². The zero-order chi connectivity index (χ0) is 19.0. The van der Waals surface area contributed by atoms with E-state index in [9.17, 15) is 17.8 Å². The van der Waals surface area contributed by atoms with E-state index in [0.717, 1.165) is 16.8 Å². The van der Waals surface area contributed by atoms with Crippen LogP contribution in [-0.2, 0) is 10.1 Å². The van der Waals surface area contributed by atoms with Crippen LogP contribution in [0.4, 0.5) is 5.69 Å². The highest BCUT2D eigenvalue weighted by Crippen LogP contribution is 2.29. The first kappa shape index (κ1) is 17.1. The summed E-state index contributed by atoms with van der Waals surface area (Å²) in [5.74, 6) is -0.425. The van der Waals surface area contributed by atoms with Gasteiger partial charge in [0, 0.05) is 16.5 Å². The number of nitrogens with one attached hydrogen (secondary N) is 1. The van der Waals surface area contributed by atoms with Gasteiger partial charge >= 0.3 is 0 Å². The molecule has 3 aromatic carbocycles. The van der Waals surface area contributed by atoms with E-state index >= 15 is 0 Å². The molecule has 0 aliphatic heterocycles. The van der Waals surface area contributed by atoms with E-state index in [1.54, 1.807) is 18.2 Å². The number of hydrogen-bond donors (Lipinski definition) is 2. The molecule has 4 rings (SSSR count). The van der Waals surface area contributed by atoms with Crippen molar-refractivity contribution in [1.29, 1.82) is 0 Å². The van der Waals surface area contributed by atoms with E-state index in [2.05, 4.69) is 10.5 Å². The molecule has 0 spiro atoms. The van der Waals surface area contributed by atoms with E-state index in [4.69, 9.17) is 0 Å². The Morgan fingerprint density at radius 3 is 2.30 bits per heavy atom. The Balaban J connectivity index is 1.80. The summed E-state index contributed by atoms with van der Waals surface area (Å²) in [5.41, 5.74) is 3.74. The van der Waals surface area contributed by atoms with E-state index < -0.39 is 15.9 Å². The molecule has 0 fully saturated rings. The molecule has 3 aromatic rings. The number of fused-ring (bicyclic) bond motifs is 2. The van der Waals surface area contributed by atoms with Crippen LogP contribution >= 0.6 is 0 Å². The molecule has 2 N–H and O–H groups in total. The second-order valence-corrected chi connectivity index (χ2v) is 7.38. The number of allylic oxidation sites excluding steroid dienone is 1. The number of carbonyl (C=O) groups excluding carboxylic acids is 1. The zero-order valence-corrected chi connectivity index (χ0v) is 14.8. The summed E-state index contributed by atoms with van der Waals surface area (Å²) in [6.45, 7) is 0. The molecule has 0 bridgehead atoms. The number of nitrogens with zero attached hydrogens (tertiary/aromatic N) is 1. The van der Waals surface area contributed by atoms with Crippen LogP contribution in [-0.4, -0.2) is 24.5 Å². The average molecular weight is 378 g/mol. The van der Waals surface area contributed by atoms with Gasteiger partial charge in [0.1, 0.15) is 10.6 Å². The topological polar surface area (TPSA) is 95.8 Å². The molecule has 0 atom stereocenters. The van der Waals surface area contributed by atoms with Crippen LogP contribution in [0.3, 0.4) is 0 Å². The summed E-state index contributed by atoms with van der Waals surface area (Å²) in [6, 6.07) is 19.5. The third-order valence-electron chi connectivity index (χ3n) is 4.30. The van der Waals surface area contributed by atoms with Crippen molar-refractivity contribution in [2.24, 2.45) is 5.10 Å². The van der Waals surface area contributed by atoms with Crippen molar-refractivity contribution in [2.45, 2.75) is 0 Å². The van der Waals surface area contributed by atoms with Crippen molar-refractivity contribution in [3.8, 4) is 0 Å². The van der Waals surface area contributed by atoms with Crippen molar-refractivity contribution in [2.75, 3.05) is 5.43 Å². The maximum absolute atomic E-state index is 12.7. The molecule has 0 unspecified atom stereocenters. The van der Waals surface area contributed by atoms with Crippen LogP contribution < -0.4 is 5.43 Å². The minimum atomic E-state index is -4.51. The Hall–Kier alpha value is -3.29. The first-order chi connectivity index (χ1) is 12.9. The maximum atomic E-state index is 12.7. The van der Waals surface area contributed by atoms with Gasteiger partial charge in [-0.15, -0.1) is 0 Å². The average Bonchev–Trinajstić information content (AvgIpc) is 2.66. The van der Waals surface area contributed by atoms with Crippen LogP contribution in [0.25, 0.3) is 15.7 Å². The molecule has 0 aromatic heterocycles. The van der Waals surface area contributed by atoms with Gasteiger partial charge in [-0.25, -0.2) is 0 Å². The number of carbonyl (C=O) groups is 1. The normalized spacial score (nSPS) is 15.5. The molecule has 0 radical (unpaired) electrons. The van der Waals surface area contributed by atoms with Crippen molar-refractivity contribution < 1.29 is 17.8 Å². The van der Waals surface area contributed by atoms with Gasteiger partial charge in [0.15, 0.2) is 0 Å². The molecule has 27 heavy (non-hydrogen) atoms. The standard InChI is InChI=1S/C20H14N2O4S/c23-20-16-10-4-3-9-15(16)19(27(24,25)26)12-18(20)22-21-17-11-5-7-13-6-1-2-8-14(13)17/h1-12,21H,(H,24,25,26)/b22-18-. The Kier molecular flexibility index (Phi) is 4.10. The molecule has 6 nitrogen and oxygen atoms in total. The number of anilines is 1. The highest BCUT2D eigenvalue weighted by molar-refractivity contribution is 7.95. The smallest absolute Gasteiger partial charge is 0.287 e. The quantitative estimate of drug-likeness (QED) is 0.535. The second kappa shape index (κ2) is 6.46. The lowest BCUT2D eigenvalue weighted by atomic mass is 9.95. The first-order valence-corrected chi connectivity index (χ1v) is 9.54. The summed E-state index contributed by atoms with van der Waals surface area (Å²) >= 11 is 0. The lowest BCUT2D eigenvalue weighted by Gasteiger charge is -2.16. The minimum Gasteiger partial charge on any atom is -0.287 e. The molecular formula is C20H14N2O4S. The van der Waals surface area contributed by atoms with Crippen LogP contribution in [0.5, 0.6) is 0 Å². The summed E-state index contributed by atoms with van der Waals surface area (Å²) in [7, 11) is -4.51. The van der Waals surface area contributed by atoms with Gasteiger partial charge in [-0.05, 0) is 17.5 Å². The minimum absolute atomic E-state index is 0.103. The molecule has 0 amide bonds. The molecule has 0 saturated carbocycles. The van der Waals surface area contributed by atoms with E-state index in [1.807, 2.05) is 36.4 Å². The molecule has 0 heterocycles. The predicted molar refractivity (Wildman–Crippen MR) is 105 cm³/mol. The number of benzene rings is 3. The number of Topliss-reactive ketones (excluding diaryl/α,β-unsaturated/α-hetero) is 1. The highest BCUT2D eigenvalue weighted by atomic mass is 32.2. The van der Waals surface area contributed by atoms with Crippen molar-refractivity contribution in [1.82, 2.24) is 0 Å². The van der Waals surface area contributed by atoms with Gasteiger partial charge in [0.25, 0.3) is 10.1 Å². The molecule has 134 valence electrons. The van der Waals surface area contributed by atoms with Gasteiger partial charge in [-0.2, -0.15) is 13.5 Å². The maximum Gasteiger partial charge on any atom is 0.295 e. The Bertz CT molecular complexity index is 1240. The number of ketones is 1. The fourth-order valence-corrected chi connectivity index (χ4v) is 3.76. The molecule has 1 aliphatic rings. The molecular weight excluding hydrogens is 364 g/mol. The Morgan fingerprint density at radius 2 is 1.52 bits per heavy atom. The van der Waals surface area contributed by atoms with Crippen LogP contribution in [0, 0.1) is 0 Å². The molecule has 0 saturated heterocycles. The fraction of sp³-hybridized carbons (Fsp3) is 0. The number of hydrogen-bond acceptors (Lipinski definition) is 5. The lowest BCUT2D eigenvalue weighted by Crippen LogP contribution is -2.22. The van der Waals surface area contributed by atoms with Gasteiger partial charge in [-0.1, -0.05) is 60.7 Å². The van der Waals surface area contributed by atoms with Crippen LogP contribution in [0.15, 0.2) is 77.9 Å². The summed E-state index contributed by atoms with van der Waals surface area (Å²) in [5, 5.41) is 6.02. The van der Waals surface area contributed by atoms with Gasteiger partial charge in [0.05, 0.1) is 5.69 Å². The van der Waals surface area contributed by atoms with E-state index in [1.165, 1.54) is 12.1 Å². The van der Waals surface area contributed by atoms with Gasteiger partial charge in [0.2, 0.25) is 5.78 Å². The largest absolute Gasteiger partial charge is 0.295 e. The van der Waals surface area contributed by atoms with Crippen LogP contribution in [0.1, 0.15) is 15.9 Å². The van der Waals surface area contributed by atoms with E-state index in [-0.39, 0.29) is 21.7 Å². The number of hydrazone groups is 1. The summed E-state index contributed by atoms with van der Waals surface area (Å²) in [4.78, 5) is 12.3. The Labute approximate surface area is 155 Å². The Morgan fingerprint density at radius 1 is 0.852 bits per heavy atom. The SMILES string of the molecule is O=C1/C(=N\Nc2cccc3ccccc23)C=C(S(=O)(=O)O)c2ccccc21. The van der Waals surface area contributed by atoms with Gasteiger partial charge in [-0.3, -0.25) is 14.8 Å². The predicted octanol–water partition coefficient (Wildman–Crippen LogP) is 3.73. The number of rotatable bonds is 3. The van der Waals surface area contributed by atoms with Crippen molar-refractivity contribution in [3.05, 3.63) is 83.9 Å². The highest BCUT2D eigenvalue weighted by Gasteiger charge is 2.30. The van der Waals surface area contributed by atoms with Gasteiger partial charge < -0.3 is 0 Å². The van der Waals surface area contributed by atoms with Crippen molar-refractivity contribution >= 4 is 43.0 Å². The molecule has 1 aliphatic carbocycles. The zero-order valence-electron chi connectivity index (χ0n) is 14.0. The molecule has 7 heteroatoms. The summed E-state index contributed by atoms with van der Waals surface area (Å²) in [6.07, 6.45) is 1.08.